The number of likely N-dealkylation sites (tertiary alicyclic amines) is 1. The number of hydrogen-bond acceptors (Lipinski definition) is 6. The molecule has 0 bridgehead atoms. The molecule has 0 radical (unpaired) electrons. The molecule has 0 spiro atoms. The average molecular weight is 572 g/mol. The van der Waals surface area contributed by atoms with E-state index >= 15 is 0 Å². The van der Waals surface area contributed by atoms with Gasteiger partial charge in [0.25, 0.3) is 11.8 Å². The number of fused-ring (bicyclic) bond motifs is 1. The molecule has 4 aliphatic rings. The van der Waals surface area contributed by atoms with Gasteiger partial charge in [-0.15, -0.1) is 10.2 Å². The van der Waals surface area contributed by atoms with Crippen molar-refractivity contribution in [3.63, 3.8) is 0 Å². The molecule has 1 atom stereocenters. The predicted octanol–water partition coefficient (Wildman–Crippen LogP) is 5.14. The Morgan fingerprint density at radius 3 is 2.69 bits per heavy atom. The number of anilines is 1. The van der Waals surface area contributed by atoms with E-state index in [-0.39, 0.29) is 23.7 Å². The minimum Gasteiger partial charge on any atom is -0.321 e. The third-order valence-corrected chi connectivity index (χ3v) is 9.89. The minimum absolute atomic E-state index is 0.000674. The number of benzene rings is 1. The molecule has 8 nitrogen and oxygen atoms in total. The lowest BCUT2D eigenvalue weighted by atomic mass is 9.57. The van der Waals surface area contributed by atoms with Gasteiger partial charge in [0.15, 0.2) is 0 Å². The highest BCUT2D eigenvalue weighted by molar-refractivity contribution is 6.10. The van der Waals surface area contributed by atoms with E-state index in [0.29, 0.717) is 44.1 Å². The molecular formula is C32H35F2N7O. The highest BCUT2D eigenvalue weighted by atomic mass is 19.3. The zero-order valence-electron chi connectivity index (χ0n) is 24.1. The minimum atomic E-state index is -2.63. The SMILES string of the molecule is C[C@@H]1CN(Cc2cc3c(c(C4CC4)n2)CN(c2cccc([C@]4(Cc5nncn5C)C[C@@H](C#N)C4)c2)C3=O)CCC1(F)F. The van der Waals surface area contributed by atoms with E-state index in [0.717, 1.165) is 59.7 Å². The van der Waals surface area contributed by atoms with Crippen LogP contribution in [0.1, 0.15) is 83.6 Å². The first-order valence-electron chi connectivity index (χ1n) is 14.9. The van der Waals surface area contributed by atoms with Crippen LogP contribution in [0.25, 0.3) is 0 Å². The van der Waals surface area contributed by atoms with Gasteiger partial charge in [-0.25, -0.2) is 8.78 Å². The van der Waals surface area contributed by atoms with Crippen LogP contribution in [0.4, 0.5) is 14.5 Å². The number of halogens is 2. The summed E-state index contributed by atoms with van der Waals surface area (Å²) in [4.78, 5) is 22.8. The van der Waals surface area contributed by atoms with Crippen molar-refractivity contribution in [2.45, 2.75) is 75.8 Å². The number of hydrogen-bond donors (Lipinski definition) is 0. The van der Waals surface area contributed by atoms with Crippen molar-refractivity contribution in [2.24, 2.45) is 18.9 Å². The smallest absolute Gasteiger partial charge is 0.259 e. The maximum absolute atomic E-state index is 14.1. The second-order valence-electron chi connectivity index (χ2n) is 12.9. The standard InChI is InChI=1S/C32H35F2N7O/c1-20-16-40(9-8-32(20,33)34)17-24-11-26-27(29(37-24)22-6-7-22)18-41(30(26)42)25-5-3-4-23(10-25)31(12-21(13-31)15-35)14-28-38-36-19-39(28)2/h3-5,10-11,19-22H,6-9,12-14,16-18H2,1-2H3/t20-,21-,31-/m1/s1. The van der Waals surface area contributed by atoms with Crippen molar-refractivity contribution in [1.29, 1.82) is 5.26 Å². The summed E-state index contributed by atoms with van der Waals surface area (Å²) in [6.45, 7) is 3.20. The largest absolute Gasteiger partial charge is 0.321 e. The van der Waals surface area contributed by atoms with Crippen LogP contribution < -0.4 is 4.90 Å². The second-order valence-corrected chi connectivity index (χ2v) is 12.9. The average Bonchev–Trinajstić information content (AvgIpc) is 3.64. The summed E-state index contributed by atoms with van der Waals surface area (Å²) >= 11 is 0. The second kappa shape index (κ2) is 9.94. The maximum Gasteiger partial charge on any atom is 0.259 e. The molecule has 42 heavy (non-hydrogen) atoms. The van der Waals surface area contributed by atoms with Crippen LogP contribution in [-0.2, 0) is 32.0 Å². The van der Waals surface area contributed by atoms with Crippen LogP contribution in [0.5, 0.6) is 0 Å². The Morgan fingerprint density at radius 1 is 1.19 bits per heavy atom. The molecule has 0 N–H and O–H groups in total. The Bertz CT molecular complexity index is 1580. The van der Waals surface area contributed by atoms with Gasteiger partial charge in [-0.2, -0.15) is 5.26 Å². The number of pyridine rings is 1. The van der Waals surface area contributed by atoms with Gasteiger partial charge in [0, 0.05) is 85.2 Å². The van der Waals surface area contributed by atoms with Gasteiger partial charge >= 0.3 is 0 Å². The molecule has 1 amide bonds. The Hall–Kier alpha value is -3.71. The maximum atomic E-state index is 14.1. The molecule has 2 aromatic heterocycles. The van der Waals surface area contributed by atoms with Gasteiger partial charge in [-0.1, -0.05) is 19.1 Å². The van der Waals surface area contributed by atoms with E-state index in [9.17, 15) is 18.8 Å². The topological polar surface area (TPSA) is 90.9 Å². The molecular weight excluding hydrogens is 536 g/mol. The first-order chi connectivity index (χ1) is 20.2. The van der Waals surface area contributed by atoms with Crippen LogP contribution in [0.15, 0.2) is 36.7 Å². The summed E-state index contributed by atoms with van der Waals surface area (Å²) in [7, 11) is 1.93. The van der Waals surface area contributed by atoms with Gasteiger partial charge in [-0.05, 0) is 49.4 Å². The van der Waals surface area contributed by atoms with Crippen molar-refractivity contribution in [3.8, 4) is 6.07 Å². The Labute approximate surface area is 244 Å². The quantitative estimate of drug-likeness (QED) is 0.390. The lowest BCUT2D eigenvalue weighted by molar-refractivity contribution is -0.100. The monoisotopic (exact) mass is 571 g/mol. The van der Waals surface area contributed by atoms with E-state index in [1.807, 2.05) is 39.6 Å². The summed E-state index contributed by atoms with van der Waals surface area (Å²) in [6, 6.07) is 12.5. The molecule has 2 aliphatic heterocycles. The lowest BCUT2D eigenvalue weighted by Gasteiger charge is -2.45. The number of aromatic nitrogens is 4. The highest BCUT2D eigenvalue weighted by Gasteiger charge is 2.47. The molecule has 4 heterocycles. The van der Waals surface area contributed by atoms with E-state index in [1.54, 1.807) is 13.3 Å². The fraction of sp³-hybridized carbons (Fsp3) is 0.531. The normalized spacial score (nSPS) is 27.0. The first kappa shape index (κ1) is 27.1. The molecule has 2 aliphatic carbocycles. The number of nitrogens with zero attached hydrogens (tertiary/aromatic N) is 7. The summed E-state index contributed by atoms with van der Waals surface area (Å²) in [5, 5.41) is 17.9. The van der Waals surface area contributed by atoms with Crippen molar-refractivity contribution in [3.05, 3.63) is 70.6 Å². The summed E-state index contributed by atoms with van der Waals surface area (Å²) < 4.78 is 30.1. The number of carbonyl (C=O) groups is 1. The summed E-state index contributed by atoms with van der Waals surface area (Å²) in [5.74, 6) is -2.15. The van der Waals surface area contributed by atoms with Crippen LogP contribution in [-0.4, -0.2) is 49.6 Å². The summed E-state index contributed by atoms with van der Waals surface area (Å²) in [6.07, 6.45) is 5.84. The van der Waals surface area contributed by atoms with Crippen LogP contribution in [0.2, 0.25) is 0 Å². The van der Waals surface area contributed by atoms with E-state index < -0.39 is 11.8 Å². The van der Waals surface area contributed by atoms with E-state index in [1.165, 1.54) is 0 Å². The van der Waals surface area contributed by atoms with Gasteiger partial charge in [0.2, 0.25) is 0 Å². The third kappa shape index (κ3) is 4.68. The van der Waals surface area contributed by atoms with Crippen molar-refractivity contribution in [1.82, 2.24) is 24.6 Å². The lowest BCUT2D eigenvalue weighted by Crippen LogP contribution is -2.45. The van der Waals surface area contributed by atoms with Crippen molar-refractivity contribution in [2.75, 3.05) is 18.0 Å². The van der Waals surface area contributed by atoms with Gasteiger partial charge in [0.05, 0.1) is 18.3 Å². The van der Waals surface area contributed by atoms with Gasteiger partial charge < -0.3 is 9.47 Å². The zero-order valence-corrected chi connectivity index (χ0v) is 24.1. The first-order valence-corrected chi connectivity index (χ1v) is 14.9. The molecule has 3 fully saturated rings. The molecule has 218 valence electrons. The van der Waals surface area contributed by atoms with E-state index in [2.05, 4.69) is 28.4 Å². The molecule has 1 aromatic carbocycles. The number of carbonyl (C=O) groups excluding carboxylic acids is 1. The van der Waals surface area contributed by atoms with E-state index in [4.69, 9.17) is 4.98 Å². The van der Waals surface area contributed by atoms with Crippen LogP contribution in [0.3, 0.4) is 0 Å². The van der Waals surface area contributed by atoms with Crippen LogP contribution in [0, 0.1) is 23.2 Å². The fourth-order valence-corrected chi connectivity index (χ4v) is 7.13. The summed E-state index contributed by atoms with van der Waals surface area (Å²) in [5.41, 5.74) is 5.18. The molecule has 10 heteroatoms. The molecule has 2 saturated carbocycles. The van der Waals surface area contributed by atoms with Crippen molar-refractivity contribution >= 4 is 11.6 Å². The van der Waals surface area contributed by atoms with Gasteiger partial charge in [0.1, 0.15) is 12.2 Å². The number of nitriles is 1. The Morgan fingerprint density at radius 2 is 2.00 bits per heavy atom. The molecule has 3 aromatic rings. The Kier molecular flexibility index (Phi) is 6.42. The Balaban J connectivity index is 1.17. The number of piperidine rings is 1. The molecule has 1 saturated heterocycles. The predicted molar refractivity (Wildman–Crippen MR) is 152 cm³/mol. The molecule has 0 unspecified atom stereocenters. The van der Waals surface area contributed by atoms with Crippen molar-refractivity contribution < 1.29 is 13.6 Å². The number of aryl methyl sites for hydroxylation is 1. The number of rotatable bonds is 7. The molecule has 7 rings (SSSR count). The highest BCUT2D eigenvalue weighted by Crippen LogP contribution is 2.50. The zero-order chi connectivity index (χ0) is 29.2. The third-order valence-electron chi connectivity index (χ3n) is 9.89. The van der Waals surface area contributed by atoms with Gasteiger partial charge in [-0.3, -0.25) is 14.7 Å². The number of amides is 1. The fourth-order valence-electron chi connectivity index (χ4n) is 7.13. The number of alkyl halides is 2. The van der Waals surface area contributed by atoms with Crippen LogP contribution >= 0.6 is 0 Å².